The second-order valence-electron chi connectivity index (χ2n) is 7.80. The van der Waals surface area contributed by atoms with Crippen LogP contribution in [0.3, 0.4) is 0 Å². The number of pyridine rings is 1. The number of hydrogen-bond donors (Lipinski definition) is 0. The molecule has 0 unspecified atom stereocenters. The van der Waals surface area contributed by atoms with Crippen LogP contribution in [0, 0.1) is 6.92 Å². The first-order chi connectivity index (χ1) is 15.7. The Balaban J connectivity index is 1.54. The predicted molar refractivity (Wildman–Crippen MR) is 122 cm³/mol. The highest BCUT2D eigenvalue weighted by Gasteiger charge is 2.19. The van der Waals surface area contributed by atoms with Gasteiger partial charge in [-0.25, -0.2) is 4.98 Å². The van der Waals surface area contributed by atoms with Crippen LogP contribution in [0.1, 0.15) is 30.4 Å². The molecule has 0 saturated carbocycles. The van der Waals surface area contributed by atoms with Crippen LogP contribution in [0.4, 0.5) is 0 Å². The van der Waals surface area contributed by atoms with E-state index in [9.17, 15) is 4.79 Å². The first-order valence-corrected chi connectivity index (χ1v) is 11.0. The second-order valence-corrected chi connectivity index (χ2v) is 7.80. The fourth-order valence-electron chi connectivity index (χ4n) is 3.60. The lowest BCUT2D eigenvalue weighted by Crippen LogP contribution is -2.35. The highest BCUT2D eigenvalue weighted by atomic mass is 16.5. The SMILES string of the molecule is Cc1ccccc1OCC(=O)N1CCCCCOc2ccccc2Oc2ncccc2C1. The topological polar surface area (TPSA) is 60.9 Å². The van der Waals surface area contributed by atoms with Crippen LogP contribution in [0.25, 0.3) is 0 Å². The third kappa shape index (κ3) is 5.58. The molecular weight excluding hydrogens is 404 g/mol. The molecule has 0 saturated heterocycles. The Labute approximate surface area is 188 Å². The number of carbonyl (C=O) groups is 1. The molecule has 1 aromatic heterocycles. The van der Waals surface area contributed by atoms with Crippen molar-refractivity contribution in [3.63, 3.8) is 0 Å². The Bertz CT molecular complexity index is 1050. The highest BCUT2D eigenvalue weighted by Crippen LogP contribution is 2.32. The monoisotopic (exact) mass is 432 g/mol. The molecule has 0 spiro atoms. The molecule has 0 bridgehead atoms. The molecule has 6 heteroatoms. The molecular formula is C26H28N2O4. The molecule has 2 aromatic carbocycles. The van der Waals surface area contributed by atoms with Crippen LogP contribution < -0.4 is 14.2 Å². The van der Waals surface area contributed by atoms with Gasteiger partial charge >= 0.3 is 0 Å². The number of rotatable bonds is 3. The van der Waals surface area contributed by atoms with Gasteiger partial charge in [-0.15, -0.1) is 0 Å². The van der Waals surface area contributed by atoms with Crippen molar-refractivity contribution >= 4 is 5.91 Å². The minimum Gasteiger partial charge on any atom is -0.490 e. The lowest BCUT2D eigenvalue weighted by Gasteiger charge is -2.24. The summed E-state index contributed by atoms with van der Waals surface area (Å²) in [6.07, 6.45) is 4.44. The van der Waals surface area contributed by atoms with Gasteiger partial charge in [-0.1, -0.05) is 36.4 Å². The molecule has 1 aliphatic rings. The summed E-state index contributed by atoms with van der Waals surface area (Å²) in [7, 11) is 0. The van der Waals surface area contributed by atoms with E-state index in [-0.39, 0.29) is 12.5 Å². The number of aryl methyl sites for hydroxylation is 1. The number of hydrogen-bond acceptors (Lipinski definition) is 5. The average molecular weight is 433 g/mol. The molecule has 0 radical (unpaired) electrons. The Morgan fingerprint density at radius 2 is 1.81 bits per heavy atom. The van der Waals surface area contributed by atoms with Crippen molar-refractivity contribution in [2.45, 2.75) is 32.7 Å². The lowest BCUT2D eigenvalue weighted by atomic mass is 10.2. The highest BCUT2D eigenvalue weighted by molar-refractivity contribution is 5.78. The van der Waals surface area contributed by atoms with Gasteiger partial charge in [0.15, 0.2) is 18.1 Å². The maximum atomic E-state index is 13.1. The summed E-state index contributed by atoms with van der Waals surface area (Å²) in [5, 5.41) is 0. The molecule has 3 aromatic rings. The quantitative estimate of drug-likeness (QED) is 0.573. The van der Waals surface area contributed by atoms with Crippen LogP contribution in [0.2, 0.25) is 0 Å². The Hall–Kier alpha value is -3.54. The van der Waals surface area contributed by atoms with Crippen molar-refractivity contribution in [2.75, 3.05) is 19.8 Å². The van der Waals surface area contributed by atoms with Crippen LogP contribution in [-0.4, -0.2) is 35.5 Å². The van der Waals surface area contributed by atoms with E-state index in [2.05, 4.69) is 4.98 Å². The van der Waals surface area contributed by atoms with Gasteiger partial charge in [0.25, 0.3) is 5.91 Å². The zero-order valence-electron chi connectivity index (χ0n) is 18.3. The van der Waals surface area contributed by atoms with E-state index in [1.54, 1.807) is 6.20 Å². The third-order valence-electron chi connectivity index (χ3n) is 5.39. The molecule has 2 heterocycles. The number of carbonyl (C=O) groups excluding carboxylic acids is 1. The van der Waals surface area contributed by atoms with Gasteiger partial charge < -0.3 is 19.1 Å². The molecule has 1 amide bonds. The predicted octanol–water partition coefficient (Wildman–Crippen LogP) is 5.15. The normalized spacial score (nSPS) is 14.3. The maximum absolute atomic E-state index is 13.1. The molecule has 0 aliphatic carbocycles. The van der Waals surface area contributed by atoms with Crippen LogP contribution in [0.5, 0.6) is 23.1 Å². The summed E-state index contributed by atoms with van der Waals surface area (Å²) in [6, 6.07) is 19.1. The van der Waals surface area contributed by atoms with Crippen molar-refractivity contribution in [2.24, 2.45) is 0 Å². The third-order valence-corrected chi connectivity index (χ3v) is 5.39. The van der Waals surface area contributed by atoms with Crippen LogP contribution in [0.15, 0.2) is 66.9 Å². The number of amides is 1. The lowest BCUT2D eigenvalue weighted by molar-refractivity contribution is -0.134. The fourth-order valence-corrected chi connectivity index (χ4v) is 3.60. The standard InChI is InChI=1S/C26H28N2O4/c1-20-10-3-4-12-22(20)31-19-25(29)28-16-7-2-8-17-30-23-13-5-6-14-24(23)32-26-21(18-28)11-9-15-27-26/h3-6,9-15H,2,7-8,16-19H2,1H3. The van der Waals surface area contributed by atoms with Gasteiger partial charge in [0, 0.05) is 18.3 Å². The van der Waals surface area contributed by atoms with Crippen molar-refractivity contribution in [3.8, 4) is 23.1 Å². The van der Waals surface area contributed by atoms with Gasteiger partial charge in [0.05, 0.1) is 13.2 Å². The van der Waals surface area contributed by atoms with Crippen LogP contribution >= 0.6 is 0 Å². The van der Waals surface area contributed by atoms with Gasteiger partial charge in [-0.05, 0) is 56.0 Å². The van der Waals surface area contributed by atoms with Crippen molar-refractivity contribution in [1.29, 1.82) is 0 Å². The number of ether oxygens (including phenoxy) is 3. The molecule has 0 atom stereocenters. The van der Waals surface area contributed by atoms with Crippen molar-refractivity contribution in [1.82, 2.24) is 9.88 Å². The number of aromatic nitrogens is 1. The van der Waals surface area contributed by atoms with Crippen molar-refractivity contribution < 1.29 is 19.0 Å². The minimum absolute atomic E-state index is 0.00670. The summed E-state index contributed by atoms with van der Waals surface area (Å²) in [5.41, 5.74) is 1.85. The van der Waals surface area contributed by atoms with Gasteiger partial charge in [-0.2, -0.15) is 0 Å². The Morgan fingerprint density at radius 1 is 1.00 bits per heavy atom. The van der Waals surface area contributed by atoms with E-state index in [4.69, 9.17) is 14.2 Å². The van der Waals surface area contributed by atoms with Crippen molar-refractivity contribution in [3.05, 3.63) is 78.0 Å². The van der Waals surface area contributed by atoms with E-state index in [0.717, 1.165) is 36.1 Å². The average Bonchev–Trinajstić information content (AvgIpc) is 2.83. The molecule has 1 aliphatic heterocycles. The molecule has 32 heavy (non-hydrogen) atoms. The molecule has 0 fully saturated rings. The zero-order valence-corrected chi connectivity index (χ0v) is 18.3. The Kier molecular flexibility index (Phi) is 7.23. The van der Waals surface area contributed by atoms with E-state index in [0.29, 0.717) is 37.1 Å². The van der Waals surface area contributed by atoms with E-state index in [1.807, 2.05) is 72.5 Å². The second kappa shape index (κ2) is 10.7. The van der Waals surface area contributed by atoms with E-state index >= 15 is 0 Å². The number of nitrogens with zero attached hydrogens (tertiary/aromatic N) is 2. The summed E-state index contributed by atoms with van der Waals surface area (Å²) in [6.45, 7) is 3.60. The number of para-hydroxylation sites is 3. The molecule has 166 valence electrons. The molecule has 6 nitrogen and oxygen atoms in total. The summed E-state index contributed by atoms with van der Waals surface area (Å²) in [4.78, 5) is 19.3. The van der Waals surface area contributed by atoms with E-state index < -0.39 is 0 Å². The first kappa shape index (κ1) is 21.7. The van der Waals surface area contributed by atoms with Gasteiger partial charge in [0.2, 0.25) is 5.88 Å². The van der Waals surface area contributed by atoms with Gasteiger partial charge in [0.1, 0.15) is 5.75 Å². The first-order valence-electron chi connectivity index (χ1n) is 11.0. The fraction of sp³-hybridized carbons (Fsp3) is 0.308. The molecule has 0 N–H and O–H groups in total. The minimum atomic E-state index is -0.0606. The summed E-state index contributed by atoms with van der Waals surface area (Å²) >= 11 is 0. The Morgan fingerprint density at radius 3 is 2.69 bits per heavy atom. The summed E-state index contributed by atoms with van der Waals surface area (Å²) < 4.78 is 17.9. The maximum Gasteiger partial charge on any atom is 0.260 e. The molecule has 4 rings (SSSR count). The van der Waals surface area contributed by atoms with Gasteiger partial charge in [-0.3, -0.25) is 4.79 Å². The number of benzene rings is 2. The summed E-state index contributed by atoms with van der Waals surface area (Å²) in [5.74, 6) is 2.45. The zero-order chi connectivity index (χ0) is 22.2. The smallest absolute Gasteiger partial charge is 0.260 e. The largest absolute Gasteiger partial charge is 0.490 e. The van der Waals surface area contributed by atoms with Crippen LogP contribution in [-0.2, 0) is 11.3 Å². The number of fused-ring (bicyclic) bond motifs is 2. The van der Waals surface area contributed by atoms with E-state index in [1.165, 1.54) is 0 Å².